The third-order valence-corrected chi connectivity index (χ3v) is 6.64. The summed E-state index contributed by atoms with van der Waals surface area (Å²) in [6, 6.07) is 0. The van der Waals surface area contributed by atoms with Gasteiger partial charge in [-0.25, -0.2) is 0 Å². The lowest BCUT2D eigenvalue weighted by Crippen LogP contribution is -1.83. The van der Waals surface area contributed by atoms with Crippen LogP contribution < -0.4 is 0 Å². The van der Waals surface area contributed by atoms with Crippen molar-refractivity contribution in [2.24, 2.45) is 0 Å². The lowest BCUT2D eigenvalue weighted by molar-refractivity contribution is 2.30. The first-order chi connectivity index (χ1) is 9.39. The average molecular weight is 364 g/mol. The van der Waals surface area contributed by atoms with Crippen molar-refractivity contribution >= 4 is 69.7 Å². The van der Waals surface area contributed by atoms with Gasteiger partial charge in [-0.15, -0.1) is 58.8 Å². The summed E-state index contributed by atoms with van der Waals surface area (Å²) in [5.41, 5.74) is 0. The molecule has 6 heteroatoms. The fourth-order valence-electron chi connectivity index (χ4n) is 0.768. The topological polar surface area (TPSA) is 0 Å². The van der Waals surface area contributed by atoms with Crippen LogP contribution in [0.4, 0.5) is 0 Å². The van der Waals surface area contributed by atoms with Crippen LogP contribution >= 0.6 is 58.8 Å². The zero-order valence-corrected chi connectivity index (χ0v) is 15.3. The minimum absolute atomic E-state index is 0.210. The molecule has 1 aliphatic heterocycles. The smallest absolute Gasteiger partial charge is 0.105 e. The van der Waals surface area contributed by atoms with E-state index >= 15 is 0 Å². The first-order valence-corrected chi connectivity index (χ1v) is 11.7. The molecule has 0 aromatic heterocycles. The van der Waals surface area contributed by atoms with Gasteiger partial charge < -0.3 is 0 Å². The van der Waals surface area contributed by atoms with E-state index in [1.54, 1.807) is 58.8 Å². The third-order valence-electron chi connectivity index (χ3n) is 1.55. The van der Waals surface area contributed by atoms with Gasteiger partial charge in [-0.1, -0.05) is 0 Å². The molecular weight excluding hydrogens is 349 g/mol. The number of rotatable bonds is 0. The molecule has 0 bridgehead atoms. The predicted octanol–water partition coefficient (Wildman–Crippen LogP) is 6.74. The minimum Gasteiger partial charge on any atom is -0.105 e. The Hall–Kier alpha value is 0.540. The van der Waals surface area contributed by atoms with Crippen LogP contribution in [0.15, 0.2) is 64.9 Å². The van der Waals surface area contributed by atoms with Crippen molar-refractivity contribution in [3.8, 4) is 0 Å². The molecule has 0 aliphatic carbocycles. The van der Waals surface area contributed by atoms with E-state index in [1.807, 2.05) is 0 Å². The first-order valence-electron chi connectivity index (χ1n) is 5.24. The Morgan fingerprint density at radius 1 is 0.474 bits per heavy atom. The van der Waals surface area contributed by atoms with E-state index in [-0.39, 0.29) is 10.9 Å². The summed E-state index contributed by atoms with van der Waals surface area (Å²) in [5.74, 6) is 0. The minimum atomic E-state index is 0.210. The van der Waals surface area contributed by atoms with Crippen LogP contribution in [0.25, 0.3) is 0 Å². The van der Waals surface area contributed by atoms with Crippen LogP contribution in [-0.2, 0) is 10.9 Å². The Morgan fingerprint density at radius 3 is 1.05 bits per heavy atom. The standard InChI is InChI=1S/C13H15S6/c1-19-12-10-17-8-6-15-4-2-14-3-5-16-7-9-18-11-13-19/h2-13H,1H3/q+1/b4-2-,5-3-,8-6-,9-7-,12-10-,13-11-. The summed E-state index contributed by atoms with van der Waals surface area (Å²) in [7, 11) is 0.210. The van der Waals surface area contributed by atoms with Gasteiger partial charge in [0.15, 0.2) is 0 Å². The normalized spacial score (nSPS) is 29.5. The van der Waals surface area contributed by atoms with Gasteiger partial charge in [0, 0.05) is 21.7 Å². The van der Waals surface area contributed by atoms with Crippen LogP contribution in [0.3, 0.4) is 0 Å². The molecule has 0 radical (unpaired) electrons. The molecule has 1 heterocycles. The summed E-state index contributed by atoms with van der Waals surface area (Å²) >= 11 is 8.49. The van der Waals surface area contributed by atoms with Gasteiger partial charge in [0.2, 0.25) is 0 Å². The van der Waals surface area contributed by atoms with E-state index in [2.05, 4.69) is 71.2 Å². The van der Waals surface area contributed by atoms with E-state index in [0.717, 1.165) is 0 Å². The van der Waals surface area contributed by atoms with Crippen LogP contribution in [0, 0.1) is 0 Å². The molecule has 0 fully saturated rings. The molecule has 0 saturated heterocycles. The van der Waals surface area contributed by atoms with Gasteiger partial charge in [0.1, 0.15) is 17.1 Å². The zero-order chi connectivity index (χ0) is 13.6. The number of hydrogen-bond donors (Lipinski definition) is 0. The van der Waals surface area contributed by atoms with Crippen LogP contribution in [0.1, 0.15) is 0 Å². The molecule has 0 N–H and O–H groups in total. The Labute approximate surface area is 140 Å². The number of thioether (sulfide) groups is 5. The van der Waals surface area contributed by atoms with Crippen molar-refractivity contribution in [1.82, 2.24) is 0 Å². The predicted molar refractivity (Wildman–Crippen MR) is 106 cm³/mol. The van der Waals surface area contributed by atoms with Crippen LogP contribution in [0.5, 0.6) is 0 Å². The maximum Gasteiger partial charge on any atom is 0.130 e. The number of hydrogen-bond acceptors (Lipinski definition) is 5. The highest BCUT2D eigenvalue weighted by Gasteiger charge is 1.98. The molecule has 0 aromatic rings. The molecule has 0 unspecified atom stereocenters. The molecule has 0 saturated carbocycles. The summed E-state index contributed by atoms with van der Waals surface area (Å²) in [6.45, 7) is 0. The summed E-state index contributed by atoms with van der Waals surface area (Å²) in [6.07, 6.45) is 2.21. The summed E-state index contributed by atoms with van der Waals surface area (Å²) in [5, 5.41) is 25.5. The molecule has 0 nitrogen and oxygen atoms in total. The second-order valence-electron chi connectivity index (χ2n) is 2.92. The Balaban J connectivity index is 2.49. The van der Waals surface area contributed by atoms with Crippen molar-refractivity contribution in [2.75, 3.05) is 6.26 Å². The maximum atomic E-state index is 2.23. The maximum absolute atomic E-state index is 2.23. The molecule has 0 spiro atoms. The van der Waals surface area contributed by atoms with Gasteiger partial charge in [-0.05, 0) is 43.3 Å². The van der Waals surface area contributed by atoms with Gasteiger partial charge in [-0.3, -0.25) is 0 Å². The SMILES string of the molecule is C[S+]1/C=C\S/C=C\S/C=C\S/C=C\S/C=C\S/C=C\1. The highest BCUT2D eigenvalue weighted by Crippen LogP contribution is 2.18. The molecule has 0 aromatic carbocycles. The Bertz CT molecular complexity index is 356. The average Bonchev–Trinajstić information content (AvgIpc) is 2.41. The third kappa shape index (κ3) is 12.0. The summed E-state index contributed by atoms with van der Waals surface area (Å²) < 4.78 is 0. The van der Waals surface area contributed by atoms with Crippen molar-refractivity contribution in [3.63, 3.8) is 0 Å². The monoisotopic (exact) mass is 363 g/mol. The van der Waals surface area contributed by atoms with E-state index in [0.29, 0.717) is 0 Å². The highest BCUT2D eigenvalue weighted by atomic mass is 32.2. The molecular formula is C13H15S6+. The van der Waals surface area contributed by atoms with Gasteiger partial charge >= 0.3 is 0 Å². The van der Waals surface area contributed by atoms with E-state index in [4.69, 9.17) is 0 Å². The lowest BCUT2D eigenvalue weighted by atomic mass is 11.2. The van der Waals surface area contributed by atoms with Crippen molar-refractivity contribution in [1.29, 1.82) is 0 Å². The van der Waals surface area contributed by atoms with Crippen molar-refractivity contribution in [3.05, 3.63) is 64.9 Å². The quantitative estimate of drug-likeness (QED) is 0.436. The van der Waals surface area contributed by atoms with Gasteiger partial charge in [-0.2, -0.15) is 0 Å². The second-order valence-corrected chi connectivity index (χ2v) is 8.76. The molecule has 102 valence electrons. The van der Waals surface area contributed by atoms with Gasteiger partial charge in [0.25, 0.3) is 0 Å². The highest BCUT2D eigenvalue weighted by molar-refractivity contribution is 8.11. The van der Waals surface area contributed by atoms with Crippen molar-refractivity contribution in [2.45, 2.75) is 0 Å². The van der Waals surface area contributed by atoms with E-state index in [1.165, 1.54) is 0 Å². The fourth-order valence-corrected chi connectivity index (χ4v) is 5.28. The largest absolute Gasteiger partial charge is 0.130 e. The molecule has 19 heavy (non-hydrogen) atoms. The zero-order valence-electron chi connectivity index (χ0n) is 10.4. The molecule has 1 aliphatic rings. The van der Waals surface area contributed by atoms with E-state index < -0.39 is 0 Å². The van der Waals surface area contributed by atoms with Crippen molar-refractivity contribution < 1.29 is 0 Å². The Morgan fingerprint density at radius 2 is 0.737 bits per heavy atom. The molecule has 0 atom stereocenters. The van der Waals surface area contributed by atoms with Gasteiger partial charge in [0.05, 0.1) is 0 Å². The van der Waals surface area contributed by atoms with Crippen LogP contribution in [0.2, 0.25) is 0 Å². The summed E-state index contributed by atoms with van der Waals surface area (Å²) in [4.78, 5) is 0. The fraction of sp³-hybridized carbons (Fsp3) is 0.0769. The van der Waals surface area contributed by atoms with Crippen LogP contribution in [-0.4, -0.2) is 6.26 Å². The second kappa shape index (κ2) is 13.5. The molecule has 0 amide bonds. The van der Waals surface area contributed by atoms with E-state index in [9.17, 15) is 0 Å². The first kappa shape index (κ1) is 17.6. The molecule has 1 rings (SSSR count). The Kier molecular flexibility index (Phi) is 12.5. The lowest BCUT2D eigenvalue weighted by Gasteiger charge is -1.87.